The van der Waals surface area contributed by atoms with Gasteiger partial charge in [0.05, 0.1) is 0 Å². The summed E-state index contributed by atoms with van der Waals surface area (Å²) in [5.41, 5.74) is 10.1. The Hall–Kier alpha value is -1.06. The van der Waals surface area contributed by atoms with Gasteiger partial charge in [0.1, 0.15) is 0 Å². The average molecular weight is 261 g/mol. The third-order valence-corrected chi connectivity index (χ3v) is 4.08. The van der Waals surface area contributed by atoms with Crippen LogP contribution in [0.3, 0.4) is 0 Å². The highest BCUT2D eigenvalue weighted by Crippen LogP contribution is 2.25. The zero-order chi connectivity index (χ0) is 14.0. The van der Waals surface area contributed by atoms with Crippen LogP contribution in [0.25, 0.3) is 0 Å². The smallest absolute Gasteiger partial charge is 0.0400 e. The molecule has 1 saturated heterocycles. The Morgan fingerprint density at radius 1 is 1.37 bits per heavy atom. The number of hydrogen-bond acceptors (Lipinski definition) is 3. The Kier molecular flexibility index (Phi) is 4.48. The minimum atomic E-state index is 0.213. The topological polar surface area (TPSA) is 32.5 Å². The lowest BCUT2D eigenvalue weighted by Gasteiger charge is -2.40. The van der Waals surface area contributed by atoms with E-state index in [-0.39, 0.29) is 6.04 Å². The van der Waals surface area contributed by atoms with E-state index in [9.17, 15) is 0 Å². The summed E-state index contributed by atoms with van der Waals surface area (Å²) in [5, 5.41) is 0. The second kappa shape index (κ2) is 5.93. The van der Waals surface area contributed by atoms with Gasteiger partial charge >= 0.3 is 0 Å². The number of nitrogens with zero attached hydrogens (tertiary/aromatic N) is 2. The maximum absolute atomic E-state index is 6.00. The fourth-order valence-corrected chi connectivity index (χ4v) is 2.80. The SMILES string of the molecule is Cc1ccc(N2CCN(C)C(C)C2)c(CC(C)N)c1. The molecule has 3 heteroatoms. The summed E-state index contributed by atoms with van der Waals surface area (Å²) in [6.07, 6.45) is 0.956. The number of aryl methyl sites for hydroxylation is 1. The van der Waals surface area contributed by atoms with E-state index in [0.717, 1.165) is 26.1 Å². The lowest BCUT2D eigenvalue weighted by Crippen LogP contribution is -2.50. The maximum atomic E-state index is 6.00. The second-order valence-electron chi connectivity index (χ2n) is 6.09. The van der Waals surface area contributed by atoms with Gasteiger partial charge in [-0.3, -0.25) is 0 Å². The van der Waals surface area contributed by atoms with Crippen molar-refractivity contribution in [1.29, 1.82) is 0 Å². The molecule has 0 amide bonds. The van der Waals surface area contributed by atoms with Crippen LogP contribution >= 0.6 is 0 Å². The van der Waals surface area contributed by atoms with Crippen LogP contribution in [0.5, 0.6) is 0 Å². The quantitative estimate of drug-likeness (QED) is 0.903. The van der Waals surface area contributed by atoms with E-state index in [2.05, 4.69) is 55.8 Å². The molecular formula is C16H27N3. The standard InChI is InChI=1S/C16H27N3/c1-12-5-6-16(15(9-12)10-13(2)17)19-8-7-18(4)14(3)11-19/h5-6,9,13-14H,7-8,10-11,17H2,1-4H3. The highest BCUT2D eigenvalue weighted by atomic mass is 15.3. The Morgan fingerprint density at radius 3 is 2.74 bits per heavy atom. The normalized spacial score (nSPS) is 22.6. The Bertz CT molecular complexity index is 428. The molecule has 2 N–H and O–H groups in total. The largest absolute Gasteiger partial charge is 0.368 e. The van der Waals surface area contributed by atoms with E-state index >= 15 is 0 Å². The lowest BCUT2D eigenvalue weighted by atomic mass is 10.0. The van der Waals surface area contributed by atoms with Crippen molar-refractivity contribution in [3.63, 3.8) is 0 Å². The molecule has 1 heterocycles. The van der Waals surface area contributed by atoms with Crippen LogP contribution < -0.4 is 10.6 Å². The van der Waals surface area contributed by atoms with Crippen LogP contribution in [-0.4, -0.2) is 43.7 Å². The predicted molar refractivity (Wildman–Crippen MR) is 82.8 cm³/mol. The van der Waals surface area contributed by atoms with Gasteiger partial charge in [-0.1, -0.05) is 17.7 Å². The van der Waals surface area contributed by atoms with Crippen molar-refractivity contribution in [2.45, 2.75) is 39.3 Å². The third kappa shape index (κ3) is 3.48. The summed E-state index contributed by atoms with van der Waals surface area (Å²) in [6.45, 7) is 9.87. The van der Waals surface area contributed by atoms with E-state index in [1.807, 2.05) is 0 Å². The number of benzene rings is 1. The van der Waals surface area contributed by atoms with Crippen molar-refractivity contribution in [2.24, 2.45) is 5.73 Å². The van der Waals surface area contributed by atoms with Crippen molar-refractivity contribution in [3.05, 3.63) is 29.3 Å². The van der Waals surface area contributed by atoms with E-state index < -0.39 is 0 Å². The van der Waals surface area contributed by atoms with E-state index in [0.29, 0.717) is 6.04 Å². The van der Waals surface area contributed by atoms with Gasteiger partial charge in [0.2, 0.25) is 0 Å². The molecule has 0 saturated carbocycles. The fraction of sp³-hybridized carbons (Fsp3) is 0.625. The molecule has 2 unspecified atom stereocenters. The predicted octanol–water partition coefficient (Wildman–Crippen LogP) is 2.03. The molecule has 1 aliphatic heterocycles. The number of anilines is 1. The first-order chi connectivity index (χ1) is 8.97. The molecule has 19 heavy (non-hydrogen) atoms. The maximum Gasteiger partial charge on any atom is 0.0400 e. The average Bonchev–Trinajstić information content (AvgIpc) is 2.32. The van der Waals surface area contributed by atoms with Gasteiger partial charge in [-0.15, -0.1) is 0 Å². The first-order valence-electron chi connectivity index (χ1n) is 7.27. The monoisotopic (exact) mass is 261 g/mol. The number of rotatable bonds is 3. The molecule has 0 aromatic heterocycles. The Morgan fingerprint density at radius 2 is 2.11 bits per heavy atom. The molecule has 0 bridgehead atoms. The summed E-state index contributed by atoms with van der Waals surface area (Å²) in [7, 11) is 2.21. The molecule has 1 aromatic carbocycles. The summed E-state index contributed by atoms with van der Waals surface area (Å²) < 4.78 is 0. The zero-order valence-electron chi connectivity index (χ0n) is 12.7. The number of piperazine rings is 1. The van der Waals surface area contributed by atoms with Crippen molar-refractivity contribution < 1.29 is 0 Å². The van der Waals surface area contributed by atoms with Crippen LogP contribution in [0.15, 0.2) is 18.2 Å². The van der Waals surface area contributed by atoms with E-state index in [1.165, 1.54) is 16.8 Å². The van der Waals surface area contributed by atoms with Crippen LogP contribution in [0.1, 0.15) is 25.0 Å². The molecule has 2 atom stereocenters. The Labute approximate surface area is 117 Å². The Balaban J connectivity index is 2.23. The van der Waals surface area contributed by atoms with Crippen LogP contribution in [0.2, 0.25) is 0 Å². The summed E-state index contributed by atoms with van der Waals surface area (Å²) in [4.78, 5) is 4.94. The molecular weight excluding hydrogens is 234 g/mol. The van der Waals surface area contributed by atoms with Gasteiger partial charge in [0.15, 0.2) is 0 Å². The number of likely N-dealkylation sites (N-methyl/N-ethyl adjacent to an activating group) is 1. The zero-order valence-corrected chi connectivity index (χ0v) is 12.7. The van der Waals surface area contributed by atoms with Gasteiger partial charge in [0, 0.05) is 37.4 Å². The summed E-state index contributed by atoms with van der Waals surface area (Å²) >= 11 is 0. The van der Waals surface area contributed by atoms with Crippen LogP contribution in [0.4, 0.5) is 5.69 Å². The lowest BCUT2D eigenvalue weighted by molar-refractivity contribution is 0.234. The highest BCUT2D eigenvalue weighted by molar-refractivity contribution is 5.56. The summed E-state index contributed by atoms with van der Waals surface area (Å²) in [5.74, 6) is 0. The first-order valence-corrected chi connectivity index (χ1v) is 7.27. The van der Waals surface area contributed by atoms with Crippen molar-refractivity contribution in [3.8, 4) is 0 Å². The molecule has 0 radical (unpaired) electrons. The molecule has 2 rings (SSSR count). The molecule has 1 fully saturated rings. The van der Waals surface area contributed by atoms with E-state index in [1.54, 1.807) is 0 Å². The van der Waals surface area contributed by atoms with Gasteiger partial charge < -0.3 is 15.5 Å². The third-order valence-electron chi connectivity index (χ3n) is 4.08. The molecule has 0 aliphatic carbocycles. The van der Waals surface area contributed by atoms with Gasteiger partial charge in [-0.25, -0.2) is 0 Å². The van der Waals surface area contributed by atoms with Gasteiger partial charge in [-0.2, -0.15) is 0 Å². The minimum Gasteiger partial charge on any atom is -0.368 e. The van der Waals surface area contributed by atoms with Crippen molar-refractivity contribution in [2.75, 3.05) is 31.6 Å². The molecule has 106 valence electrons. The van der Waals surface area contributed by atoms with Crippen LogP contribution in [0, 0.1) is 6.92 Å². The molecule has 1 aliphatic rings. The number of hydrogen-bond donors (Lipinski definition) is 1. The van der Waals surface area contributed by atoms with Gasteiger partial charge in [0.25, 0.3) is 0 Å². The molecule has 3 nitrogen and oxygen atoms in total. The van der Waals surface area contributed by atoms with Crippen LogP contribution in [-0.2, 0) is 6.42 Å². The fourth-order valence-electron chi connectivity index (χ4n) is 2.80. The minimum absolute atomic E-state index is 0.213. The van der Waals surface area contributed by atoms with Crippen molar-refractivity contribution in [1.82, 2.24) is 4.90 Å². The second-order valence-corrected chi connectivity index (χ2v) is 6.09. The molecule has 0 spiro atoms. The highest BCUT2D eigenvalue weighted by Gasteiger charge is 2.22. The van der Waals surface area contributed by atoms with E-state index in [4.69, 9.17) is 5.73 Å². The first kappa shape index (κ1) is 14.4. The van der Waals surface area contributed by atoms with Gasteiger partial charge in [-0.05, 0) is 45.9 Å². The number of nitrogens with two attached hydrogens (primary N) is 1. The van der Waals surface area contributed by atoms with Crippen molar-refractivity contribution >= 4 is 5.69 Å². The summed E-state index contributed by atoms with van der Waals surface area (Å²) in [6, 6.07) is 7.60. The molecule has 1 aromatic rings.